The Hall–Kier alpha value is 0.620. The summed E-state index contributed by atoms with van der Waals surface area (Å²) in [5.41, 5.74) is 0. The first-order valence-electron chi connectivity index (χ1n) is 4.05. The van der Waals surface area contributed by atoms with Crippen LogP contribution in [0.25, 0.3) is 0 Å². The van der Waals surface area contributed by atoms with Crippen LogP contribution in [0.2, 0.25) is 0 Å². The quantitative estimate of drug-likeness (QED) is 0.173. The van der Waals surface area contributed by atoms with Crippen LogP contribution in [0.4, 0.5) is 0 Å². The van der Waals surface area contributed by atoms with Gasteiger partial charge in [-0.25, -0.2) is 0 Å². The molecule has 5 N–H and O–H groups in total. The van der Waals surface area contributed by atoms with E-state index in [0.717, 1.165) is 0 Å². The number of hydrogen-bond donors (Lipinski definition) is 5. The fraction of sp³-hybridized carbons (Fsp3) is 0.833. The molecule has 0 fully saturated rings. The largest absolute Gasteiger partial charge is 1.00 e. The predicted octanol–water partition coefficient (Wildman–Crippen LogP) is -6.89. The van der Waals surface area contributed by atoms with Crippen molar-refractivity contribution in [1.82, 2.24) is 0 Å². The van der Waals surface area contributed by atoms with Gasteiger partial charge in [-0.05, 0) is 0 Å². The van der Waals surface area contributed by atoms with Gasteiger partial charge in [0.15, 0.2) is 6.29 Å². The van der Waals surface area contributed by atoms with Crippen LogP contribution in [0.1, 0.15) is 0 Å². The molecule has 0 bridgehead atoms. The molecule has 0 heterocycles. The third-order valence-electron chi connectivity index (χ3n) is 1.64. The Morgan fingerprint density at radius 3 is 2.06 bits per heavy atom. The van der Waals surface area contributed by atoms with Gasteiger partial charge in [0.2, 0.25) is 0 Å². The van der Waals surface area contributed by atoms with Crippen molar-refractivity contribution in [3.63, 3.8) is 0 Å². The second kappa shape index (κ2) is 8.68. The van der Waals surface area contributed by atoms with Crippen molar-refractivity contribution in [3.05, 3.63) is 0 Å². The maximum atomic E-state index is 10.1. The van der Waals surface area contributed by atoms with Gasteiger partial charge in [-0.15, -0.1) is 0 Å². The van der Waals surface area contributed by atoms with Gasteiger partial charge < -0.3 is 39.5 Å². The molecule has 0 rings (SSSR count). The molecule has 1 unspecified atom stereocenters. The number of carbonyl (C=O) groups excluding carboxylic acids is 1. The number of phosphoric ester groups is 1. The summed E-state index contributed by atoms with van der Waals surface area (Å²) in [5.74, 6) is 0. The first kappa shape index (κ1) is 19.9. The third kappa shape index (κ3) is 8.36. The van der Waals surface area contributed by atoms with Gasteiger partial charge in [-0.1, -0.05) is 0 Å². The Balaban J connectivity index is 0. The Bertz CT molecular complexity index is 268. The van der Waals surface area contributed by atoms with Crippen LogP contribution in [-0.4, -0.2) is 62.6 Å². The molecule has 9 nitrogen and oxygen atoms in total. The third-order valence-corrected chi connectivity index (χ3v) is 2.12. The fourth-order valence-electron chi connectivity index (χ4n) is 0.779. The van der Waals surface area contributed by atoms with Gasteiger partial charge in [-0.3, -0.25) is 4.57 Å². The summed E-state index contributed by atoms with van der Waals surface area (Å²) in [5, 5.41) is 36.0. The Labute approximate surface area is 119 Å². The number of phosphoric acid groups is 1. The molecule has 5 atom stereocenters. The number of carbonyl (C=O) groups is 1. The minimum Gasteiger partial charge on any atom is -0.756 e. The van der Waals surface area contributed by atoms with Crippen LogP contribution in [-0.2, 0) is 13.9 Å². The molecular weight excluding hydrogens is 270 g/mol. The molecule has 0 saturated carbocycles. The van der Waals surface area contributed by atoms with Crippen LogP contribution in [0.5, 0.6) is 0 Å². The molecule has 0 aliphatic rings. The summed E-state index contributed by atoms with van der Waals surface area (Å²) >= 11 is 0. The van der Waals surface area contributed by atoms with Crippen LogP contribution in [0, 0.1) is 0 Å². The van der Waals surface area contributed by atoms with Crippen molar-refractivity contribution in [3.8, 4) is 0 Å². The number of rotatable bonds is 7. The number of aliphatic hydroxyl groups is 4. The van der Waals surface area contributed by atoms with Gasteiger partial charge >= 0.3 is 29.6 Å². The van der Waals surface area contributed by atoms with Gasteiger partial charge in [0, 0.05) is 0 Å². The Morgan fingerprint density at radius 1 is 1.24 bits per heavy atom. The summed E-state index contributed by atoms with van der Waals surface area (Å²) in [7, 11) is -5.05. The van der Waals surface area contributed by atoms with Gasteiger partial charge in [0.05, 0.1) is 6.61 Å². The van der Waals surface area contributed by atoms with Gasteiger partial charge in [0.25, 0.3) is 7.82 Å². The van der Waals surface area contributed by atoms with E-state index in [4.69, 9.17) is 25.3 Å². The second-order valence-electron chi connectivity index (χ2n) is 2.94. The maximum Gasteiger partial charge on any atom is 1.00 e. The first-order chi connectivity index (χ1) is 7.19. The summed E-state index contributed by atoms with van der Waals surface area (Å²) in [6, 6.07) is 0. The Kier molecular flexibility index (Phi) is 10.2. The van der Waals surface area contributed by atoms with Crippen molar-refractivity contribution in [2.75, 3.05) is 6.61 Å². The molecule has 11 heteroatoms. The molecule has 0 radical (unpaired) electrons. The van der Waals surface area contributed by atoms with E-state index in [0.29, 0.717) is 0 Å². The smallest absolute Gasteiger partial charge is 0.756 e. The topological polar surface area (TPSA) is 168 Å². The molecule has 0 aromatic carbocycles. The van der Waals surface area contributed by atoms with Crippen molar-refractivity contribution >= 4 is 14.1 Å². The van der Waals surface area contributed by atoms with Gasteiger partial charge in [-0.2, -0.15) is 0 Å². The van der Waals surface area contributed by atoms with Crippen LogP contribution < -0.4 is 34.5 Å². The van der Waals surface area contributed by atoms with Crippen molar-refractivity contribution in [1.29, 1.82) is 0 Å². The zero-order valence-electron chi connectivity index (χ0n) is 8.91. The summed E-state index contributed by atoms with van der Waals surface area (Å²) in [6.45, 7) is -1.03. The molecule has 0 aliphatic heterocycles. The van der Waals surface area contributed by atoms with Crippen molar-refractivity contribution in [2.24, 2.45) is 0 Å². The number of aldehydes is 1. The maximum absolute atomic E-state index is 10.1. The second-order valence-corrected chi connectivity index (χ2v) is 4.13. The van der Waals surface area contributed by atoms with Crippen molar-refractivity contribution < 1.29 is 73.7 Å². The molecule has 0 aliphatic carbocycles. The first-order valence-corrected chi connectivity index (χ1v) is 5.54. The minimum atomic E-state index is -5.05. The normalized spacial score (nSPS) is 21.5. The molecule has 0 aromatic rings. The van der Waals surface area contributed by atoms with E-state index in [-0.39, 0.29) is 35.8 Å². The van der Waals surface area contributed by atoms with Crippen LogP contribution >= 0.6 is 7.82 Å². The number of aliphatic hydroxyl groups excluding tert-OH is 4. The van der Waals surface area contributed by atoms with E-state index in [2.05, 4.69) is 4.52 Å². The standard InChI is InChI=1S/C6H13O9P.Na/c7-1-3(8)5(10)6(11)4(9)2-15-16(12,13)14;/h1,3-6,8-11H,2H2,(H2,12,13,14);/q;+1/p-1/t3-,4-,5-,6-;/m1./s1. The zero-order chi connectivity index (χ0) is 12.9. The summed E-state index contributed by atoms with van der Waals surface area (Å²) in [4.78, 5) is 28.3. The van der Waals surface area contributed by atoms with E-state index in [1.165, 1.54) is 0 Å². The number of hydrogen-bond acceptors (Lipinski definition) is 8. The zero-order valence-corrected chi connectivity index (χ0v) is 11.8. The predicted molar refractivity (Wildman–Crippen MR) is 45.9 cm³/mol. The fourth-order valence-corrected chi connectivity index (χ4v) is 1.12. The van der Waals surface area contributed by atoms with E-state index >= 15 is 0 Å². The molecule has 17 heavy (non-hydrogen) atoms. The van der Waals surface area contributed by atoms with Crippen molar-refractivity contribution in [2.45, 2.75) is 24.4 Å². The monoisotopic (exact) mass is 282 g/mol. The summed E-state index contributed by atoms with van der Waals surface area (Å²) < 4.78 is 13.9. The average Bonchev–Trinajstić information content (AvgIpc) is 2.21. The molecule has 0 amide bonds. The average molecular weight is 282 g/mol. The van der Waals surface area contributed by atoms with E-state index in [1.54, 1.807) is 0 Å². The van der Waals surface area contributed by atoms with E-state index < -0.39 is 38.8 Å². The van der Waals surface area contributed by atoms with E-state index in [1.807, 2.05) is 0 Å². The molecule has 0 spiro atoms. The van der Waals surface area contributed by atoms with Gasteiger partial charge in [0.1, 0.15) is 24.4 Å². The SMILES string of the molecule is O=C[C@@H](O)[C@@H](O)[C@H](O)[C@H](O)COP(=O)([O-])O.[Na+]. The molecule has 96 valence electrons. The van der Waals surface area contributed by atoms with E-state index in [9.17, 15) is 14.3 Å². The molecule has 0 saturated heterocycles. The van der Waals surface area contributed by atoms with Crippen LogP contribution in [0.15, 0.2) is 0 Å². The van der Waals surface area contributed by atoms with Crippen LogP contribution in [0.3, 0.4) is 0 Å². The summed E-state index contributed by atoms with van der Waals surface area (Å²) in [6.07, 6.45) is -7.92. The minimum absolute atomic E-state index is 0. The Morgan fingerprint density at radius 2 is 1.71 bits per heavy atom. The molecular formula is C6H12NaO9P. The molecule has 0 aromatic heterocycles.